The number of hydrogen-bond acceptors (Lipinski definition) is 6. The van der Waals surface area contributed by atoms with Gasteiger partial charge in [-0.1, -0.05) is 72.8 Å². The van der Waals surface area contributed by atoms with Crippen LogP contribution in [0.3, 0.4) is 0 Å². The van der Waals surface area contributed by atoms with Crippen LogP contribution in [0.5, 0.6) is 5.75 Å². The molecule has 1 saturated heterocycles. The third kappa shape index (κ3) is 6.40. The Morgan fingerprint density at radius 1 is 0.838 bits per heavy atom. The van der Waals surface area contributed by atoms with Crippen molar-refractivity contribution in [2.45, 2.75) is 25.0 Å². The fraction of sp³-hybridized carbons (Fsp3) is 0.355. The van der Waals surface area contributed by atoms with Gasteiger partial charge in [0, 0.05) is 44.0 Å². The van der Waals surface area contributed by atoms with Gasteiger partial charge in [-0.25, -0.2) is 0 Å². The van der Waals surface area contributed by atoms with Crippen molar-refractivity contribution >= 4 is 6.08 Å². The maximum absolute atomic E-state index is 10.8. The quantitative estimate of drug-likeness (QED) is 0.407. The van der Waals surface area contributed by atoms with E-state index in [1.165, 1.54) is 16.7 Å². The second-order valence-corrected chi connectivity index (χ2v) is 9.82. The van der Waals surface area contributed by atoms with Gasteiger partial charge < -0.3 is 9.84 Å². The highest BCUT2D eigenvalue weighted by Gasteiger charge is 2.27. The minimum absolute atomic E-state index is 0.246. The van der Waals surface area contributed by atoms with Gasteiger partial charge in [-0.2, -0.15) is 0 Å². The average Bonchev–Trinajstić information content (AvgIpc) is 2.94. The van der Waals surface area contributed by atoms with Crippen LogP contribution in [-0.2, 0) is 11.3 Å². The molecule has 3 aromatic rings. The molecule has 0 radical (unpaired) electrons. The number of hydrogen-bond donors (Lipinski definition) is 2. The summed E-state index contributed by atoms with van der Waals surface area (Å²) in [4.78, 5) is 9.96. The number of allylic oxidation sites excluding steroid dienone is 1. The van der Waals surface area contributed by atoms with Crippen LogP contribution in [0.2, 0.25) is 0 Å². The van der Waals surface area contributed by atoms with Gasteiger partial charge in [0.1, 0.15) is 18.5 Å². The molecule has 0 amide bonds. The first-order chi connectivity index (χ1) is 18.2. The van der Waals surface area contributed by atoms with Gasteiger partial charge in [-0.05, 0) is 41.7 Å². The van der Waals surface area contributed by atoms with Crippen LogP contribution in [0, 0.1) is 0 Å². The highest BCUT2D eigenvalue weighted by Crippen LogP contribution is 2.31. The highest BCUT2D eigenvalue weighted by molar-refractivity contribution is 5.62. The van der Waals surface area contributed by atoms with Crippen LogP contribution in [0.25, 0.3) is 6.08 Å². The Kier molecular flexibility index (Phi) is 8.53. The number of β-amino-alcohol motifs (C(OH)–C–C–N with tert-alkyl or cyclic N) is 1. The number of aliphatic hydroxyl groups is 1. The van der Waals surface area contributed by atoms with Crippen LogP contribution in [0.1, 0.15) is 34.7 Å². The summed E-state index contributed by atoms with van der Waals surface area (Å²) in [6.45, 7) is 4.67. The molecule has 6 nitrogen and oxygen atoms in total. The fourth-order valence-corrected chi connectivity index (χ4v) is 5.48. The van der Waals surface area contributed by atoms with E-state index in [1.807, 2.05) is 12.1 Å². The van der Waals surface area contributed by atoms with Crippen molar-refractivity contribution in [1.82, 2.24) is 15.3 Å². The summed E-state index contributed by atoms with van der Waals surface area (Å²) < 4.78 is 6.11. The summed E-state index contributed by atoms with van der Waals surface area (Å²) in [6, 6.07) is 27.8. The Morgan fingerprint density at radius 2 is 1.51 bits per heavy atom. The van der Waals surface area contributed by atoms with E-state index >= 15 is 0 Å². The van der Waals surface area contributed by atoms with Crippen molar-refractivity contribution in [3.8, 4) is 5.75 Å². The molecule has 3 aromatic carbocycles. The van der Waals surface area contributed by atoms with Gasteiger partial charge in [0.2, 0.25) is 0 Å². The lowest BCUT2D eigenvalue weighted by Gasteiger charge is -2.40. The van der Waals surface area contributed by atoms with E-state index in [1.54, 1.807) is 7.11 Å². The summed E-state index contributed by atoms with van der Waals surface area (Å²) in [5.41, 5.74) is 8.98. The van der Waals surface area contributed by atoms with Crippen molar-refractivity contribution in [3.63, 3.8) is 0 Å². The average molecular weight is 500 g/mol. The molecule has 2 N–H and O–H groups in total. The van der Waals surface area contributed by atoms with Crippen LogP contribution in [0.15, 0.2) is 84.6 Å². The maximum atomic E-state index is 10.8. The smallest absolute Gasteiger partial charge is 0.123 e. The van der Waals surface area contributed by atoms with E-state index in [0.29, 0.717) is 13.2 Å². The molecule has 1 heterocycles. The second-order valence-electron chi connectivity index (χ2n) is 9.82. The lowest BCUT2D eigenvalue weighted by Crippen LogP contribution is -2.50. The van der Waals surface area contributed by atoms with Crippen LogP contribution in [-0.4, -0.2) is 67.5 Å². The van der Waals surface area contributed by atoms with Crippen molar-refractivity contribution in [1.29, 1.82) is 0 Å². The zero-order valence-corrected chi connectivity index (χ0v) is 21.6. The molecule has 1 atom stereocenters. The molecule has 1 aliphatic carbocycles. The van der Waals surface area contributed by atoms with E-state index < -0.39 is 6.10 Å². The molecule has 1 fully saturated rings. The van der Waals surface area contributed by atoms with Crippen LogP contribution < -0.4 is 10.2 Å². The largest absolute Gasteiger partial charge is 0.491 e. The number of benzene rings is 3. The minimum atomic E-state index is -0.536. The van der Waals surface area contributed by atoms with Gasteiger partial charge in [0.25, 0.3) is 0 Å². The predicted molar refractivity (Wildman–Crippen MR) is 147 cm³/mol. The highest BCUT2D eigenvalue weighted by atomic mass is 16.6. The minimum Gasteiger partial charge on any atom is -0.491 e. The van der Waals surface area contributed by atoms with E-state index in [2.05, 4.69) is 88.1 Å². The Hall–Kier alpha value is -3.16. The third-order valence-corrected chi connectivity index (χ3v) is 7.28. The van der Waals surface area contributed by atoms with Gasteiger partial charge >= 0.3 is 0 Å². The Labute approximate surface area is 220 Å². The third-order valence-electron chi connectivity index (χ3n) is 7.28. The Bertz CT molecular complexity index is 1120. The monoisotopic (exact) mass is 499 g/mol. The van der Waals surface area contributed by atoms with Gasteiger partial charge in [0.05, 0.1) is 13.2 Å². The van der Waals surface area contributed by atoms with Crippen LogP contribution >= 0.6 is 0 Å². The molecule has 5 rings (SSSR count). The van der Waals surface area contributed by atoms with Gasteiger partial charge in [-0.15, -0.1) is 0 Å². The maximum Gasteiger partial charge on any atom is 0.123 e. The number of rotatable bonds is 10. The first-order valence-electron chi connectivity index (χ1n) is 13.2. The van der Waals surface area contributed by atoms with E-state index in [-0.39, 0.29) is 6.04 Å². The molecule has 0 aromatic heterocycles. The molecular formula is C31H37N3O3. The standard InChI is InChI=1S/C31H37N3O3/c1-36-32-27-15-16-29-26(21-27)13-8-14-30(29)37-23-28(35)22-33-17-19-34(20-18-33)31(24-9-4-2-5-10-24)25-11-6-3-7-12-25/h2-14,21,28,31-32,35H,15-20,22-23H2,1H3. The first-order valence-corrected chi connectivity index (χ1v) is 13.2. The number of nitrogens with one attached hydrogen (secondary N) is 1. The molecule has 0 spiro atoms. The number of hydroxylamine groups is 1. The lowest BCUT2D eigenvalue weighted by atomic mass is 9.95. The molecular weight excluding hydrogens is 462 g/mol. The summed E-state index contributed by atoms with van der Waals surface area (Å²) in [5.74, 6) is 0.864. The molecule has 2 aliphatic rings. The molecule has 0 saturated carbocycles. The summed E-state index contributed by atoms with van der Waals surface area (Å²) in [6.07, 6.45) is 3.33. The number of piperazine rings is 1. The SMILES string of the molecule is CONC1=Cc2cccc(OCC(O)CN3CCN(C(c4ccccc4)c4ccccc4)CC3)c2CC1. The normalized spacial score (nSPS) is 17.2. The van der Waals surface area contributed by atoms with Crippen molar-refractivity contribution in [3.05, 3.63) is 107 Å². The lowest BCUT2D eigenvalue weighted by molar-refractivity contribution is 0.0399. The summed E-state index contributed by atoms with van der Waals surface area (Å²) >= 11 is 0. The van der Waals surface area contributed by atoms with Crippen molar-refractivity contribution in [2.75, 3.05) is 46.4 Å². The van der Waals surface area contributed by atoms with E-state index in [0.717, 1.165) is 56.0 Å². The number of nitrogens with zero attached hydrogens (tertiary/aromatic N) is 2. The van der Waals surface area contributed by atoms with Crippen molar-refractivity contribution < 1.29 is 14.7 Å². The van der Waals surface area contributed by atoms with Crippen LogP contribution in [0.4, 0.5) is 0 Å². The van der Waals surface area contributed by atoms with E-state index in [4.69, 9.17) is 9.57 Å². The summed E-state index contributed by atoms with van der Waals surface area (Å²) in [5, 5.41) is 10.8. The number of aliphatic hydroxyl groups excluding tert-OH is 1. The fourth-order valence-electron chi connectivity index (χ4n) is 5.48. The molecule has 6 heteroatoms. The summed E-state index contributed by atoms with van der Waals surface area (Å²) in [7, 11) is 1.63. The molecule has 1 aliphatic heterocycles. The second kappa shape index (κ2) is 12.4. The Balaban J connectivity index is 1.15. The topological polar surface area (TPSA) is 57.2 Å². The predicted octanol–water partition coefficient (Wildman–Crippen LogP) is 4.27. The first kappa shape index (κ1) is 25.5. The Morgan fingerprint density at radius 3 is 2.16 bits per heavy atom. The molecule has 0 bridgehead atoms. The molecule has 1 unspecified atom stereocenters. The van der Waals surface area contributed by atoms with Gasteiger partial charge in [0.15, 0.2) is 0 Å². The number of fused-ring (bicyclic) bond motifs is 1. The number of ether oxygens (including phenoxy) is 1. The molecule has 194 valence electrons. The zero-order valence-electron chi connectivity index (χ0n) is 21.6. The zero-order chi connectivity index (χ0) is 25.5. The van der Waals surface area contributed by atoms with Gasteiger partial charge in [-0.3, -0.25) is 20.1 Å². The van der Waals surface area contributed by atoms with Crippen molar-refractivity contribution in [2.24, 2.45) is 0 Å². The van der Waals surface area contributed by atoms with E-state index in [9.17, 15) is 5.11 Å². The molecule has 37 heavy (non-hydrogen) atoms.